The summed E-state index contributed by atoms with van der Waals surface area (Å²) < 4.78 is 25.3. The molecule has 2 aliphatic rings. The standard InChI is InChI=1S/C14H22N6O4/c1-8-6-20(19-17-8)11-12(21-4)9(5-16-18-15)23-10-7-22-14(2,3)24-13(10)11/h6,9-13H,5,7H2,1-4H3/t9-,10-,11-,12+,13+/m1/s1. The van der Waals surface area contributed by atoms with E-state index in [4.69, 9.17) is 24.5 Å². The molecule has 0 saturated carbocycles. The minimum atomic E-state index is -0.728. The third kappa shape index (κ3) is 3.24. The average Bonchev–Trinajstić information content (AvgIpc) is 2.97. The van der Waals surface area contributed by atoms with Crippen LogP contribution in [0, 0.1) is 6.92 Å². The van der Waals surface area contributed by atoms with Gasteiger partial charge in [-0.25, -0.2) is 4.68 Å². The molecule has 1 aromatic rings. The lowest BCUT2D eigenvalue weighted by Gasteiger charge is -2.50. The van der Waals surface area contributed by atoms with E-state index in [0.717, 1.165) is 5.69 Å². The van der Waals surface area contributed by atoms with Gasteiger partial charge in [0.25, 0.3) is 0 Å². The van der Waals surface area contributed by atoms with E-state index in [0.29, 0.717) is 6.61 Å². The first-order chi connectivity index (χ1) is 11.4. The van der Waals surface area contributed by atoms with Gasteiger partial charge >= 0.3 is 0 Å². The second-order valence-electron chi connectivity index (χ2n) is 6.45. The van der Waals surface area contributed by atoms with Crippen molar-refractivity contribution in [3.8, 4) is 0 Å². The van der Waals surface area contributed by atoms with Gasteiger partial charge in [-0.05, 0) is 26.3 Å². The minimum Gasteiger partial charge on any atom is -0.376 e. The van der Waals surface area contributed by atoms with Crippen molar-refractivity contribution in [2.75, 3.05) is 20.3 Å². The Morgan fingerprint density at radius 2 is 2.33 bits per heavy atom. The predicted molar refractivity (Wildman–Crippen MR) is 82.2 cm³/mol. The molecule has 2 fully saturated rings. The lowest BCUT2D eigenvalue weighted by Crippen LogP contribution is -2.63. The van der Waals surface area contributed by atoms with Crippen molar-refractivity contribution in [2.24, 2.45) is 5.11 Å². The first-order valence-corrected chi connectivity index (χ1v) is 7.84. The van der Waals surface area contributed by atoms with Crippen LogP contribution in [-0.2, 0) is 18.9 Å². The van der Waals surface area contributed by atoms with Crippen LogP contribution in [0.25, 0.3) is 10.4 Å². The molecule has 0 N–H and O–H groups in total. The second-order valence-corrected chi connectivity index (χ2v) is 6.45. The molecule has 1 aromatic heterocycles. The zero-order valence-electron chi connectivity index (χ0n) is 14.2. The Kier molecular flexibility index (Phi) is 4.75. The van der Waals surface area contributed by atoms with Crippen molar-refractivity contribution in [1.29, 1.82) is 0 Å². The topological polar surface area (TPSA) is 116 Å². The van der Waals surface area contributed by atoms with Crippen LogP contribution in [0.5, 0.6) is 0 Å². The monoisotopic (exact) mass is 338 g/mol. The van der Waals surface area contributed by atoms with Crippen LogP contribution in [0.1, 0.15) is 25.6 Å². The smallest absolute Gasteiger partial charge is 0.163 e. The maximum atomic E-state index is 8.63. The summed E-state index contributed by atoms with van der Waals surface area (Å²) in [6, 6.07) is -0.267. The summed E-state index contributed by atoms with van der Waals surface area (Å²) in [6.07, 6.45) is 0.400. The Balaban J connectivity index is 1.97. The van der Waals surface area contributed by atoms with E-state index < -0.39 is 18.0 Å². The van der Waals surface area contributed by atoms with Gasteiger partial charge in [-0.2, -0.15) is 0 Å². The Morgan fingerprint density at radius 1 is 1.54 bits per heavy atom. The van der Waals surface area contributed by atoms with Crippen molar-refractivity contribution in [2.45, 2.75) is 57.0 Å². The molecule has 3 heterocycles. The van der Waals surface area contributed by atoms with Gasteiger partial charge in [-0.15, -0.1) is 5.10 Å². The lowest BCUT2D eigenvalue weighted by molar-refractivity contribution is -0.348. The highest BCUT2D eigenvalue weighted by molar-refractivity contribution is 5.01. The summed E-state index contributed by atoms with van der Waals surface area (Å²) in [4.78, 5) is 2.82. The van der Waals surface area contributed by atoms with Gasteiger partial charge < -0.3 is 18.9 Å². The molecule has 10 nitrogen and oxygen atoms in total. The summed E-state index contributed by atoms with van der Waals surface area (Å²) >= 11 is 0. The van der Waals surface area contributed by atoms with Gasteiger partial charge in [0.05, 0.1) is 24.9 Å². The highest BCUT2D eigenvalue weighted by Crippen LogP contribution is 2.39. The van der Waals surface area contributed by atoms with Crippen LogP contribution in [0.15, 0.2) is 11.3 Å². The Bertz CT molecular complexity index is 629. The van der Waals surface area contributed by atoms with Gasteiger partial charge in [-0.1, -0.05) is 10.3 Å². The summed E-state index contributed by atoms with van der Waals surface area (Å²) in [7, 11) is 1.60. The molecule has 2 aliphatic heterocycles. The largest absolute Gasteiger partial charge is 0.376 e. The van der Waals surface area contributed by atoms with Gasteiger partial charge in [0, 0.05) is 18.2 Å². The van der Waals surface area contributed by atoms with Crippen molar-refractivity contribution in [3.63, 3.8) is 0 Å². The summed E-state index contributed by atoms with van der Waals surface area (Å²) in [5, 5.41) is 11.9. The SMILES string of the molecule is CO[C@@H]1[C@@H](n2cc(C)nn2)[C@H]2OC(C)(C)OC[C@H]2O[C@@H]1CN=[N+]=[N-]. The zero-order valence-corrected chi connectivity index (χ0v) is 14.2. The highest BCUT2D eigenvalue weighted by atomic mass is 16.7. The average molecular weight is 338 g/mol. The fourth-order valence-electron chi connectivity index (χ4n) is 3.30. The fourth-order valence-corrected chi connectivity index (χ4v) is 3.30. The molecule has 2 saturated heterocycles. The van der Waals surface area contributed by atoms with Crippen molar-refractivity contribution in [1.82, 2.24) is 15.0 Å². The van der Waals surface area contributed by atoms with E-state index in [1.54, 1.807) is 11.8 Å². The number of aryl methyl sites for hydroxylation is 1. The minimum absolute atomic E-state index is 0.159. The van der Waals surface area contributed by atoms with E-state index >= 15 is 0 Å². The summed E-state index contributed by atoms with van der Waals surface area (Å²) in [5.74, 6) is -0.728. The van der Waals surface area contributed by atoms with Crippen LogP contribution >= 0.6 is 0 Å². The third-order valence-electron chi connectivity index (χ3n) is 4.30. The molecule has 132 valence electrons. The Morgan fingerprint density at radius 3 is 2.96 bits per heavy atom. The number of azide groups is 1. The predicted octanol–water partition coefficient (Wildman–Crippen LogP) is 1.37. The molecule has 3 rings (SSSR count). The molecule has 24 heavy (non-hydrogen) atoms. The number of fused-ring (bicyclic) bond motifs is 1. The molecule has 0 amide bonds. The lowest BCUT2D eigenvalue weighted by atomic mass is 9.91. The molecule has 0 bridgehead atoms. The van der Waals surface area contributed by atoms with Crippen LogP contribution < -0.4 is 0 Å². The first kappa shape index (κ1) is 17.1. The molecular weight excluding hydrogens is 316 g/mol. The number of methoxy groups -OCH3 is 1. The van der Waals surface area contributed by atoms with Crippen molar-refractivity contribution in [3.05, 3.63) is 22.3 Å². The maximum Gasteiger partial charge on any atom is 0.163 e. The second kappa shape index (κ2) is 6.66. The van der Waals surface area contributed by atoms with Gasteiger partial charge in [0.15, 0.2) is 5.79 Å². The van der Waals surface area contributed by atoms with Crippen molar-refractivity contribution < 1.29 is 18.9 Å². The molecule has 0 aliphatic carbocycles. The van der Waals surface area contributed by atoms with Gasteiger partial charge in [0.1, 0.15) is 24.4 Å². The number of aromatic nitrogens is 3. The zero-order chi connectivity index (χ0) is 17.3. The van der Waals surface area contributed by atoms with Crippen LogP contribution in [0.3, 0.4) is 0 Å². The molecule has 0 radical (unpaired) electrons. The molecule has 5 atom stereocenters. The fraction of sp³-hybridized carbons (Fsp3) is 0.857. The summed E-state index contributed by atoms with van der Waals surface area (Å²) in [5.41, 5.74) is 9.43. The molecule has 0 unspecified atom stereocenters. The van der Waals surface area contributed by atoms with Crippen LogP contribution in [0.2, 0.25) is 0 Å². The molecule has 0 aromatic carbocycles. The van der Waals surface area contributed by atoms with Crippen LogP contribution in [0.4, 0.5) is 0 Å². The molecule has 0 spiro atoms. The number of rotatable bonds is 4. The normalized spacial score (nSPS) is 35.1. The maximum absolute atomic E-state index is 8.63. The highest BCUT2D eigenvalue weighted by Gasteiger charge is 2.52. The number of ether oxygens (including phenoxy) is 4. The van der Waals surface area contributed by atoms with Crippen molar-refractivity contribution >= 4 is 0 Å². The van der Waals surface area contributed by atoms with Crippen LogP contribution in [-0.4, -0.2) is 65.5 Å². The van der Waals surface area contributed by atoms with E-state index in [-0.39, 0.29) is 24.8 Å². The van der Waals surface area contributed by atoms with E-state index in [2.05, 4.69) is 20.3 Å². The van der Waals surface area contributed by atoms with E-state index in [9.17, 15) is 0 Å². The quantitative estimate of drug-likeness (QED) is 0.465. The molecular formula is C14H22N6O4. The number of hydrogen-bond donors (Lipinski definition) is 0. The first-order valence-electron chi connectivity index (χ1n) is 7.84. The number of nitrogens with zero attached hydrogens (tertiary/aromatic N) is 6. The summed E-state index contributed by atoms with van der Waals surface area (Å²) in [6.45, 7) is 6.13. The number of hydrogen-bond acceptors (Lipinski definition) is 7. The van der Waals surface area contributed by atoms with Gasteiger partial charge in [-0.3, -0.25) is 0 Å². The van der Waals surface area contributed by atoms with E-state index in [1.165, 1.54) is 0 Å². The third-order valence-corrected chi connectivity index (χ3v) is 4.30. The molecule has 10 heteroatoms. The van der Waals surface area contributed by atoms with E-state index in [1.807, 2.05) is 27.0 Å². The Labute approximate surface area is 139 Å². The Hall–Kier alpha value is -1.71. The van der Waals surface area contributed by atoms with Gasteiger partial charge in [0.2, 0.25) is 0 Å².